The first kappa shape index (κ1) is 17.9. The lowest BCUT2D eigenvalue weighted by Crippen LogP contribution is -2.44. The molecule has 1 unspecified atom stereocenters. The van der Waals surface area contributed by atoms with Gasteiger partial charge in [0.1, 0.15) is 11.8 Å². The van der Waals surface area contributed by atoms with Crippen LogP contribution in [0.2, 0.25) is 0 Å². The van der Waals surface area contributed by atoms with Gasteiger partial charge in [-0.2, -0.15) is 0 Å². The van der Waals surface area contributed by atoms with Crippen LogP contribution in [-0.4, -0.2) is 35.7 Å². The van der Waals surface area contributed by atoms with Gasteiger partial charge in [0, 0.05) is 6.07 Å². The number of hydrogen-bond donors (Lipinski definition) is 3. The number of aromatic nitrogens is 1. The number of carbonyl (C=O) groups excluding carboxylic acids is 2. The molecule has 2 aromatic rings. The van der Waals surface area contributed by atoms with E-state index in [-0.39, 0.29) is 17.4 Å². The summed E-state index contributed by atoms with van der Waals surface area (Å²) >= 11 is 0.980. The SMILES string of the molecule is CC(NC(=O)CN)C(=O)Nc1nc2ccc(OC(F)(F)F)cc2s1. The van der Waals surface area contributed by atoms with Crippen molar-refractivity contribution in [3.63, 3.8) is 0 Å². The Kier molecular flexibility index (Phi) is 5.24. The van der Waals surface area contributed by atoms with Crippen molar-refractivity contribution in [3.8, 4) is 5.75 Å². The van der Waals surface area contributed by atoms with Crippen LogP contribution in [0.15, 0.2) is 18.2 Å². The monoisotopic (exact) mass is 362 g/mol. The van der Waals surface area contributed by atoms with Gasteiger partial charge in [0.15, 0.2) is 5.13 Å². The molecular formula is C13H13F3N4O3S. The van der Waals surface area contributed by atoms with Crippen LogP contribution in [0.1, 0.15) is 6.92 Å². The van der Waals surface area contributed by atoms with Gasteiger partial charge in [0.05, 0.1) is 16.8 Å². The number of alkyl halides is 3. The molecule has 11 heteroatoms. The molecular weight excluding hydrogens is 349 g/mol. The summed E-state index contributed by atoms with van der Waals surface area (Å²) in [6.07, 6.45) is -4.79. The topological polar surface area (TPSA) is 106 Å². The second-order valence-corrected chi connectivity index (χ2v) is 5.71. The molecule has 130 valence electrons. The average Bonchev–Trinajstić information content (AvgIpc) is 2.86. The van der Waals surface area contributed by atoms with Crippen LogP contribution in [0.5, 0.6) is 5.75 Å². The smallest absolute Gasteiger partial charge is 0.406 e. The van der Waals surface area contributed by atoms with Crippen LogP contribution in [-0.2, 0) is 9.59 Å². The van der Waals surface area contributed by atoms with Gasteiger partial charge in [0.25, 0.3) is 0 Å². The number of thiazole rings is 1. The third-order valence-corrected chi connectivity index (χ3v) is 3.71. The highest BCUT2D eigenvalue weighted by Crippen LogP contribution is 2.31. The van der Waals surface area contributed by atoms with E-state index in [1.165, 1.54) is 19.1 Å². The molecule has 0 aliphatic carbocycles. The lowest BCUT2D eigenvalue weighted by atomic mass is 10.3. The number of amides is 2. The molecule has 0 fully saturated rings. The molecule has 0 saturated carbocycles. The first-order valence-electron chi connectivity index (χ1n) is 6.64. The molecule has 0 spiro atoms. The van der Waals surface area contributed by atoms with E-state index in [1.54, 1.807) is 0 Å². The zero-order valence-electron chi connectivity index (χ0n) is 12.3. The molecule has 7 nitrogen and oxygen atoms in total. The van der Waals surface area contributed by atoms with Crippen LogP contribution in [0, 0.1) is 0 Å². The molecule has 1 heterocycles. The first-order chi connectivity index (χ1) is 11.2. The fraction of sp³-hybridized carbons (Fsp3) is 0.308. The normalized spacial score (nSPS) is 12.7. The van der Waals surface area contributed by atoms with Gasteiger partial charge in [-0.1, -0.05) is 11.3 Å². The third kappa shape index (κ3) is 4.80. The number of halogens is 3. The summed E-state index contributed by atoms with van der Waals surface area (Å²) in [4.78, 5) is 27.1. The number of nitrogens with two attached hydrogens (primary N) is 1. The van der Waals surface area contributed by atoms with Gasteiger partial charge in [0.2, 0.25) is 11.8 Å². The summed E-state index contributed by atoms with van der Waals surface area (Å²) in [5.41, 5.74) is 5.54. The van der Waals surface area contributed by atoms with Crippen LogP contribution in [0.4, 0.5) is 18.3 Å². The zero-order valence-corrected chi connectivity index (χ0v) is 13.1. The van der Waals surface area contributed by atoms with Crippen LogP contribution < -0.4 is 21.1 Å². The van der Waals surface area contributed by atoms with Crippen molar-refractivity contribution in [2.75, 3.05) is 11.9 Å². The third-order valence-electron chi connectivity index (χ3n) is 2.78. The Labute approximate surface area is 138 Å². The lowest BCUT2D eigenvalue weighted by Gasteiger charge is -2.11. The Morgan fingerprint density at radius 3 is 2.75 bits per heavy atom. The molecule has 0 aliphatic heterocycles. The number of fused-ring (bicyclic) bond motifs is 1. The van der Waals surface area contributed by atoms with E-state index in [2.05, 4.69) is 20.4 Å². The Morgan fingerprint density at radius 1 is 1.42 bits per heavy atom. The molecule has 1 atom stereocenters. The van der Waals surface area contributed by atoms with Crippen molar-refractivity contribution in [2.45, 2.75) is 19.3 Å². The Morgan fingerprint density at radius 2 is 2.12 bits per heavy atom. The van der Waals surface area contributed by atoms with Crippen molar-refractivity contribution in [3.05, 3.63) is 18.2 Å². The quantitative estimate of drug-likeness (QED) is 0.749. The number of anilines is 1. The first-order valence-corrected chi connectivity index (χ1v) is 7.46. The number of ether oxygens (including phenoxy) is 1. The zero-order chi connectivity index (χ0) is 17.9. The molecule has 24 heavy (non-hydrogen) atoms. The summed E-state index contributed by atoms with van der Waals surface area (Å²) in [5, 5.41) is 5.04. The molecule has 4 N–H and O–H groups in total. The van der Waals surface area contributed by atoms with Gasteiger partial charge in [-0.25, -0.2) is 4.98 Å². The highest BCUT2D eigenvalue weighted by Gasteiger charge is 2.31. The molecule has 0 saturated heterocycles. The van der Waals surface area contributed by atoms with E-state index >= 15 is 0 Å². The molecule has 1 aromatic carbocycles. The fourth-order valence-electron chi connectivity index (χ4n) is 1.74. The maximum atomic E-state index is 12.2. The van der Waals surface area contributed by atoms with Gasteiger partial charge in [-0.15, -0.1) is 13.2 Å². The van der Waals surface area contributed by atoms with Crippen molar-refractivity contribution >= 4 is 38.5 Å². The minimum absolute atomic E-state index is 0.188. The second-order valence-electron chi connectivity index (χ2n) is 4.68. The van der Waals surface area contributed by atoms with Crippen molar-refractivity contribution in [1.29, 1.82) is 0 Å². The molecule has 0 aliphatic rings. The van der Waals surface area contributed by atoms with E-state index in [0.717, 1.165) is 17.4 Å². The number of carbonyl (C=O) groups is 2. The van der Waals surface area contributed by atoms with Gasteiger partial charge >= 0.3 is 6.36 Å². The molecule has 2 amide bonds. The summed E-state index contributed by atoms with van der Waals surface area (Å²) in [7, 11) is 0. The largest absolute Gasteiger partial charge is 0.573 e. The summed E-state index contributed by atoms with van der Waals surface area (Å²) in [5.74, 6) is -1.39. The van der Waals surface area contributed by atoms with Crippen LogP contribution in [0.3, 0.4) is 0 Å². The Balaban J connectivity index is 2.10. The predicted molar refractivity (Wildman–Crippen MR) is 81.6 cm³/mol. The fourth-order valence-corrected chi connectivity index (χ4v) is 2.63. The maximum absolute atomic E-state index is 12.2. The van der Waals surface area contributed by atoms with Gasteiger partial charge in [-0.3, -0.25) is 9.59 Å². The van der Waals surface area contributed by atoms with E-state index in [9.17, 15) is 22.8 Å². The number of benzene rings is 1. The highest BCUT2D eigenvalue weighted by molar-refractivity contribution is 7.22. The summed E-state index contributed by atoms with van der Waals surface area (Å²) in [6.45, 7) is 1.21. The standard InChI is InChI=1S/C13H13F3N4O3S/c1-6(18-10(21)5-17)11(22)20-12-19-8-3-2-7(4-9(8)24-12)23-13(14,15)16/h2-4,6H,5,17H2,1H3,(H,18,21)(H,19,20,22). The Bertz CT molecular complexity index is 762. The van der Waals surface area contributed by atoms with E-state index in [4.69, 9.17) is 5.73 Å². The highest BCUT2D eigenvalue weighted by atomic mass is 32.1. The molecule has 1 aromatic heterocycles. The lowest BCUT2D eigenvalue weighted by molar-refractivity contribution is -0.274. The van der Waals surface area contributed by atoms with Crippen LogP contribution in [0.25, 0.3) is 10.2 Å². The predicted octanol–water partition coefficient (Wildman–Crippen LogP) is 1.60. The number of rotatable bonds is 5. The number of nitrogens with zero attached hydrogens (tertiary/aromatic N) is 1. The van der Waals surface area contributed by atoms with Gasteiger partial charge in [-0.05, 0) is 19.1 Å². The maximum Gasteiger partial charge on any atom is 0.573 e. The molecule has 0 radical (unpaired) electrons. The average molecular weight is 362 g/mol. The second kappa shape index (κ2) is 7.01. The van der Waals surface area contributed by atoms with Crippen molar-refractivity contribution in [1.82, 2.24) is 10.3 Å². The van der Waals surface area contributed by atoms with E-state index in [1.807, 2.05) is 0 Å². The van der Waals surface area contributed by atoms with E-state index < -0.39 is 24.2 Å². The molecule has 2 rings (SSSR count). The molecule has 0 bridgehead atoms. The van der Waals surface area contributed by atoms with E-state index in [0.29, 0.717) is 10.2 Å². The van der Waals surface area contributed by atoms with Crippen LogP contribution >= 0.6 is 11.3 Å². The Hall–Kier alpha value is -2.40. The number of nitrogens with one attached hydrogen (secondary N) is 2. The number of hydrogen-bond acceptors (Lipinski definition) is 6. The minimum Gasteiger partial charge on any atom is -0.406 e. The van der Waals surface area contributed by atoms with Crippen molar-refractivity contribution in [2.24, 2.45) is 5.73 Å². The van der Waals surface area contributed by atoms with Gasteiger partial charge < -0.3 is 21.1 Å². The summed E-state index contributed by atoms with van der Waals surface area (Å²) in [6, 6.07) is 2.82. The van der Waals surface area contributed by atoms with Crippen molar-refractivity contribution < 1.29 is 27.5 Å². The summed E-state index contributed by atoms with van der Waals surface area (Å²) < 4.78 is 40.9. The minimum atomic E-state index is -4.79.